The molecule has 1 fully saturated rings. The van der Waals surface area contributed by atoms with E-state index in [-0.39, 0.29) is 25.0 Å². The number of ether oxygens (including phenoxy) is 1. The van der Waals surface area contributed by atoms with Gasteiger partial charge in [0, 0.05) is 23.2 Å². The zero-order valence-electron chi connectivity index (χ0n) is 18.1. The van der Waals surface area contributed by atoms with Crippen LogP contribution in [0.4, 0.5) is 0 Å². The zero-order chi connectivity index (χ0) is 22.0. The van der Waals surface area contributed by atoms with Crippen LogP contribution in [0, 0.1) is 25.7 Å². The quantitative estimate of drug-likeness (QED) is 0.591. The lowest BCUT2D eigenvalue weighted by Gasteiger charge is -2.08. The van der Waals surface area contributed by atoms with Crippen LogP contribution < -0.4 is 5.32 Å². The Balaban J connectivity index is 1.51. The number of para-hydroxylation sites is 1. The predicted octanol–water partition coefficient (Wildman–Crippen LogP) is 3.97. The average Bonchev–Trinajstić information content (AvgIpc) is 3.35. The second kappa shape index (κ2) is 8.76. The molecular formula is C25H27N3O3. The van der Waals surface area contributed by atoms with Gasteiger partial charge in [0.25, 0.3) is 0 Å². The molecule has 3 aromatic rings. The molecule has 31 heavy (non-hydrogen) atoms. The molecule has 0 spiro atoms. The lowest BCUT2D eigenvalue weighted by Crippen LogP contribution is -2.32. The first kappa shape index (κ1) is 20.8. The molecule has 1 aliphatic carbocycles. The molecule has 0 saturated heterocycles. The highest BCUT2D eigenvalue weighted by atomic mass is 16.5. The highest BCUT2D eigenvalue weighted by molar-refractivity contribution is 5.85. The van der Waals surface area contributed by atoms with Gasteiger partial charge in [0.1, 0.15) is 13.2 Å². The van der Waals surface area contributed by atoms with E-state index in [4.69, 9.17) is 9.84 Å². The van der Waals surface area contributed by atoms with Crippen LogP contribution in [0.25, 0.3) is 16.9 Å². The Bertz CT molecular complexity index is 1100. The largest absolute Gasteiger partial charge is 0.459 e. The minimum atomic E-state index is -0.458. The van der Waals surface area contributed by atoms with E-state index in [1.807, 2.05) is 49.5 Å². The highest BCUT2D eigenvalue weighted by Crippen LogP contribution is 2.37. The van der Waals surface area contributed by atoms with Gasteiger partial charge in [-0.15, -0.1) is 0 Å². The Morgan fingerprint density at radius 2 is 1.87 bits per heavy atom. The van der Waals surface area contributed by atoms with Crippen LogP contribution >= 0.6 is 0 Å². The third-order valence-corrected chi connectivity index (χ3v) is 5.83. The fraction of sp³-hybridized carbons (Fsp3) is 0.320. The molecular weight excluding hydrogens is 390 g/mol. The van der Waals surface area contributed by atoms with Gasteiger partial charge in [-0.1, -0.05) is 37.3 Å². The second-order valence-corrected chi connectivity index (χ2v) is 8.28. The van der Waals surface area contributed by atoms with Gasteiger partial charge in [0.05, 0.1) is 11.4 Å². The van der Waals surface area contributed by atoms with Crippen molar-refractivity contribution in [3.05, 3.63) is 71.4 Å². The fourth-order valence-electron chi connectivity index (χ4n) is 3.55. The number of aromatic nitrogens is 2. The van der Waals surface area contributed by atoms with Crippen molar-refractivity contribution in [1.82, 2.24) is 15.1 Å². The van der Waals surface area contributed by atoms with Crippen LogP contribution in [0.2, 0.25) is 0 Å². The molecule has 2 aromatic carbocycles. The summed E-state index contributed by atoms with van der Waals surface area (Å²) in [4.78, 5) is 24.1. The van der Waals surface area contributed by atoms with E-state index in [0.717, 1.165) is 28.9 Å². The lowest BCUT2D eigenvalue weighted by atomic mass is 10.0. The van der Waals surface area contributed by atoms with Gasteiger partial charge in [-0.3, -0.25) is 9.59 Å². The maximum Gasteiger partial charge on any atom is 0.325 e. The molecule has 160 valence electrons. The highest BCUT2D eigenvalue weighted by Gasteiger charge is 2.39. The SMILES string of the molecule is Cc1ccc(-c2nn(-c3ccccc3)cc2COC(=O)CNC(=O)[C@H]2C[C@H]2C)cc1C. The molecule has 1 aromatic heterocycles. The van der Waals surface area contributed by atoms with Gasteiger partial charge < -0.3 is 10.1 Å². The monoisotopic (exact) mass is 417 g/mol. The molecule has 1 amide bonds. The maximum absolute atomic E-state index is 12.2. The summed E-state index contributed by atoms with van der Waals surface area (Å²) in [7, 11) is 0. The van der Waals surface area contributed by atoms with Crippen molar-refractivity contribution in [2.45, 2.75) is 33.8 Å². The summed E-state index contributed by atoms with van der Waals surface area (Å²) in [6.07, 6.45) is 2.77. The number of esters is 1. The first-order valence-electron chi connectivity index (χ1n) is 10.6. The maximum atomic E-state index is 12.2. The van der Waals surface area contributed by atoms with Gasteiger partial charge in [-0.05, 0) is 55.5 Å². The van der Waals surface area contributed by atoms with Crippen LogP contribution in [0.1, 0.15) is 30.0 Å². The minimum absolute atomic E-state index is 0.0354. The van der Waals surface area contributed by atoms with Crippen molar-refractivity contribution >= 4 is 11.9 Å². The Hall–Kier alpha value is -3.41. The van der Waals surface area contributed by atoms with Gasteiger partial charge in [-0.2, -0.15) is 5.10 Å². The van der Waals surface area contributed by atoms with Crippen molar-refractivity contribution in [1.29, 1.82) is 0 Å². The first-order valence-corrected chi connectivity index (χ1v) is 10.6. The third-order valence-electron chi connectivity index (χ3n) is 5.83. The second-order valence-electron chi connectivity index (χ2n) is 8.28. The number of aryl methyl sites for hydroxylation is 2. The van der Waals surface area contributed by atoms with Crippen molar-refractivity contribution in [3.63, 3.8) is 0 Å². The fourth-order valence-corrected chi connectivity index (χ4v) is 3.55. The summed E-state index contributed by atoms with van der Waals surface area (Å²) in [6, 6.07) is 16.0. The molecule has 4 rings (SSSR count). The van der Waals surface area contributed by atoms with E-state index in [9.17, 15) is 9.59 Å². The van der Waals surface area contributed by atoms with E-state index in [1.54, 1.807) is 4.68 Å². The zero-order valence-corrected chi connectivity index (χ0v) is 18.1. The predicted molar refractivity (Wildman–Crippen MR) is 119 cm³/mol. The van der Waals surface area contributed by atoms with E-state index in [2.05, 4.69) is 31.3 Å². The van der Waals surface area contributed by atoms with E-state index >= 15 is 0 Å². The molecule has 6 nitrogen and oxygen atoms in total. The van der Waals surface area contributed by atoms with Crippen molar-refractivity contribution < 1.29 is 14.3 Å². The summed E-state index contributed by atoms with van der Waals surface area (Å²) in [5, 5.41) is 7.44. The van der Waals surface area contributed by atoms with Crippen LogP contribution in [-0.2, 0) is 20.9 Å². The summed E-state index contributed by atoms with van der Waals surface area (Å²) >= 11 is 0. The van der Waals surface area contributed by atoms with Crippen molar-refractivity contribution in [2.24, 2.45) is 11.8 Å². The third kappa shape index (κ3) is 4.85. The van der Waals surface area contributed by atoms with E-state index in [0.29, 0.717) is 5.92 Å². The minimum Gasteiger partial charge on any atom is -0.459 e. The normalized spacial score (nSPS) is 17.3. The Morgan fingerprint density at radius 1 is 1.13 bits per heavy atom. The van der Waals surface area contributed by atoms with Crippen LogP contribution in [-0.4, -0.2) is 28.2 Å². The summed E-state index contributed by atoms with van der Waals surface area (Å²) in [5.74, 6) is -0.0917. The first-order chi connectivity index (χ1) is 14.9. The van der Waals surface area contributed by atoms with Gasteiger partial charge in [0.2, 0.25) is 5.91 Å². The number of benzene rings is 2. The Kier molecular flexibility index (Phi) is 5.89. The lowest BCUT2D eigenvalue weighted by molar-refractivity contribution is -0.145. The van der Waals surface area contributed by atoms with Gasteiger partial charge in [0.15, 0.2) is 0 Å². The Labute approximate surface area is 182 Å². The van der Waals surface area contributed by atoms with Crippen molar-refractivity contribution in [3.8, 4) is 16.9 Å². The Morgan fingerprint density at radius 3 is 2.55 bits per heavy atom. The molecule has 1 saturated carbocycles. The van der Waals surface area contributed by atoms with Crippen molar-refractivity contribution in [2.75, 3.05) is 6.54 Å². The van der Waals surface area contributed by atoms with E-state index < -0.39 is 5.97 Å². The average molecular weight is 418 g/mol. The molecule has 0 bridgehead atoms. The molecule has 1 aliphatic rings. The number of nitrogens with zero attached hydrogens (tertiary/aromatic N) is 2. The number of hydrogen-bond acceptors (Lipinski definition) is 4. The molecule has 6 heteroatoms. The number of rotatable bonds is 7. The topological polar surface area (TPSA) is 73.2 Å². The summed E-state index contributed by atoms with van der Waals surface area (Å²) < 4.78 is 7.26. The number of carbonyl (C=O) groups is 2. The van der Waals surface area contributed by atoms with Crippen LogP contribution in [0.3, 0.4) is 0 Å². The summed E-state index contributed by atoms with van der Waals surface area (Å²) in [5.41, 5.74) is 5.86. The summed E-state index contributed by atoms with van der Waals surface area (Å²) in [6.45, 7) is 6.13. The number of carbonyl (C=O) groups excluding carboxylic acids is 2. The number of nitrogens with one attached hydrogen (secondary N) is 1. The molecule has 2 atom stereocenters. The molecule has 0 unspecified atom stereocenters. The molecule has 1 heterocycles. The molecule has 0 radical (unpaired) electrons. The van der Waals surface area contributed by atoms with Gasteiger partial charge >= 0.3 is 5.97 Å². The molecule has 0 aliphatic heterocycles. The van der Waals surface area contributed by atoms with Gasteiger partial charge in [-0.25, -0.2) is 4.68 Å². The standard InChI is InChI=1S/C25H27N3O3/c1-16-9-10-19(11-17(16)2)24-20(14-28(27-24)21-7-5-4-6-8-21)15-31-23(29)13-26-25(30)22-12-18(22)3/h4-11,14,18,22H,12-13,15H2,1-3H3,(H,26,30)/t18-,22+/m1/s1. The van der Waals surface area contributed by atoms with Crippen LogP contribution in [0.15, 0.2) is 54.7 Å². The smallest absolute Gasteiger partial charge is 0.325 e. The molecule has 1 N–H and O–H groups in total. The van der Waals surface area contributed by atoms with E-state index in [1.165, 1.54) is 11.1 Å². The number of hydrogen-bond donors (Lipinski definition) is 1. The number of amides is 1. The van der Waals surface area contributed by atoms with Crippen LogP contribution in [0.5, 0.6) is 0 Å².